The average molecular weight is 417 g/mol. The van der Waals surface area contributed by atoms with Crippen LogP contribution in [0.1, 0.15) is 32.6 Å². The van der Waals surface area contributed by atoms with Crippen molar-refractivity contribution in [1.82, 2.24) is 9.21 Å². The molecule has 3 aliphatic heterocycles. The van der Waals surface area contributed by atoms with Crippen molar-refractivity contribution < 1.29 is 17.9 Å². The van der Waals surface area contributed by atoms with Crippen LogP contribution in [0.25, 0.3) is 0 Å². The molecule has 6 nitrogen and oxygen atoms in total. The SMILES string of the molecule is CC1CCCN(C2CCN(S(=O)(=O)c3ccc4c(c3)OCCO4)CC2)C1.Cl. The Morgan fingerprint density at radius 2 is 1.70 bits per heavy atom. The summed E-state index contributed by atoms with van der Waals surface area (Å²) in [6.45, 7) is 6.76. The van der Waals surface area contributed by atoms with Crippen LogP contribution in [0.15, 0.2) is 23.1 Å². The van der Waals surface area contributed by atoms with E-state index in [9.17, 15) is 8.42 Å². The van der Waals surface area contributed by atoms with Gasteiger partial charge >= 0.3 is 0 Å². The summed E-state index contributed by atoms with van der Waals surface area (Å²) in [7, 11) is -3.48. The number of sulfonamides is 1. The van der Waals surface area contributed by atoms with Crippen LogP contribution in [0.2, 0.25) is 0 Å². The van der Waals surface area contributed by atoms with Crippen LogP contribution in [-0.2, 0) is 10.0 Å². The summed E-state index contributed by atoms with van der Waals surface area (Å²) in [5.74, 6) is 1.89. The van der Waals surface area contributed by atoms with E-state index >= 15 is 0 Å². The summed E-state index contributed by atoms with van der Waals surface area (Å²) in [4.78, 5) is 2.87. The van der Waals surface area contributed by atoms with Gasteiger partial charge in [0, 0.05) is 31.7 Å². The van der Waals surface area contributed by atoms with Crippen LogP contribution in [0.3, 0.4) is 0 Å². The van der Waals surface area contributed by atoms with Gasteiger partial charge in [0.1, 0.15) is 13.2 Å². The first-order chi connectivity index (χ1) is 12.5. The predicted octanol–water partition coefficient (Wildman–Crippen LogP) is 2.76. The summed E-state index contributed by atoms with van der Waals surface area (Å²) in [6.07, 6.45) is 4.40. The number of hydrogen-bond acceptors (Lipinski definition) is 5. The Balaban J connectivity index is 0.00000210. The highest BCUT2D eigenvalue weighted by molar-refractivity contribution is 7.89. The van der Waals surface area contributed by atoms with Crippen LogP contribution >= 0.6 is 12.4 Å². The Kier molecular flexibility index (Phi) is 6.56. The van der Waals surface area contributed by atoms with E-state index in [1.807, 2.05) is 0 Å². The van der Waals surface area contributed by atoms with E-state index in [2.05, 4.69) is 11.8 Å². The highest BCUT2D eigenvalue weighted by Gasteiger charge is 2.33. The molecule has 3 aliphatic rings. The number of ether oxygens (including phenoxy) is 2. The largest absolute Gasteiger partial charge is 0.486 e. The number of nitrogens with zero attached hydrogens (tertiary/aromatic N) is 2. The summed E-state index contributed by atoms with van der Waals surface area (Å²) >= 11 is 0. The van der Waals surface area contributed by atoms with Gasteiger partial charge in [-0.15, -0.1) is 12.4 Å². The third-order valence-corrected chi connectivity index (χ3v) is 7.67. The molecule has 0 saturated carbocycles. The number of rotatable bonds is 3. The summed E-state index contributed by atoms with van der Waals surface area (Å²) in [6, 6.07) is 5.44. The van der Waals surface area contributed by atoms with Crippen molar-refractivity contribution in [2.24, 2.45) is 5.92 Å². The second-order valence-corrected chi connectivity index (χ2v) is 9.62. The molecule has 27 heavy (non-hydrogen) atoms. The van der Waals surface area contributed by atoms with Crippen molar-refractivity contribution in [2.75, 3.05) is 39.4 Å². The minimum Gasteiger partial charge on any atom is -0.486 e. The Morgan fingerprint density at radius 3 is 2.41 bits per heavy atom. The number of hydrogen-bond donors (Lipinski definition) is 0. The van der Waals surface area contributed by atoms with Crippen LogP contribution < -0.4 is 9.47 Å². The molecular weight excluding hydrogens is 388 g/mol. The quantitative estimate of drug-likeness (QED) is 0.758. The summed E-state index contributed by atoms with van der Waals surface area (Å²) < 4.78 is 38.7. The lowest BCUT2D eigenvalue weighted by Gasteiger charge is -2.41. The topological polar surface area (TPSA) is 59.1 Å². The highest BCUT2D eigenvalue weighted by atomic mass is 35.5. The standard InChI is InChI=1S/C19H28N2O4S.ClH/c1-15-3-2-8-20(14-15)16-6-9-21(10-7-16)26(22,23)17-4-5-18-19(13-17)25-12-11-24-18;/h4-5,13,15-16H,2-3,6-12,14H2,1H3;1H. The lowest BCUT2D eigenvalue weighted by atomic mass is 9.96. The van der Waals surface area contributed by atoms with Gasteiger partial charge in [-0.2, -0.15) is 4.31 Å². The Morgan fingerprint density at radius 1 is 1.00 bits per heavy atom. The molecule has 0 aromatic heterocycles. The number of likely N-dealkylation sites (tertiary alicyclic amines) is 1. The van der Waals surface area contributed by atoms with E-state index in [4.69, 9.17) is 9.47 Å². The first-order valence-corrected chi connectivity index (χ1v) is 11.1. The zero-order valence-corrected chi connectivity index (χ0v) is 17.4. The Labute approximate surface area is 168 Å². The van der Waals surface area contributed by atoms with E-state index in [0.717, 1.165) is 31.8 Å². The van der Waals surface area contributed by atoms with Gasteiger partial charge in [-0.25, -0.2) is 8.42 Å². The molecule has 0 radical (unpaired) electrons. The molecule has 1 atom stereocenters. The minimum atomic E-state index is -3.48. The van der Waals surface area contributed by atoms with Gasteiger partial charge in [-0.05, 0) is 50.3 Å². The molecular formula is C19H29ClN2O4S. The van der Waals surface area contributed by atoms with Crippen molar-refractivity contribution in [3.63, 3.8) is 0 Å². The smallest absolute Gasteiger partial charge is 0.243 e. The second kappa shape index (κ2) is 8.55. The maximum atomic E-state index is 13.0. The predicted molar refractivity (Wildman–Crippen MR) is 106 cm³/mol. The first kappa shape index (κ1) is 20.7. The number of benzene rings is 1. The lowest BCUT2D eigenvalue weighted by molar-refractivity contribution is 0.0944. The molecule has 3 heterocycles. The van der Waals surface area contributed by atoms with Gasteiger partial charge in [0.05, 0.1) is 4.90 Å². The van der Waals surface area contributed by atoms with E-state index in [0.29, 0.717) is 48.7 Å². The third-order valence-electron chi connectivity index (χ3n) is 5.78. The number of fused-ring (bicyclic) bond motifs is 1. The van der Waals surface area contributed by atoms with Crippen LogP contribution in [0, 0.1) is 5.92 Å². The molecule has 0 bridgehead atoms. The highest BCUT2D eigenvalue weighted by Crippen LogP contribution is 2.34. The van der Waals surface area contributed by atoms with Crippen molar-refractivity contribution in [3.8, 4) is 11.5 Å². The van der Waals surface area contributed by atoms with Gasteiger partial charge in [0.25, 0.3) is 0 Å². The molecule has 8 heteroatoms. The maximum absolute atomic E-state index is 13.0. The Bertz CT molecular complexity index is 750. The normalized spacial score (nSPS) is 25.0. The van der Waals surface area contributed by atoms with Crippen LogP contribution in [0.5, 0.6) is 11.5 Å². The third kappa shape index (κ3) is 4.36. The van der Waals surface area contributed by atoms with Crippen molar-refractivity contribution in [3.05, 3.63) is 18.2 Å². The summed E-state index contributed by atoms with van der Waals surface area (Å²) in [5.41, 5.74) is 0. The molecule has 2 fully saturated rings. The van der Waals surface area contributed by atoms with E-state index in [-0.39, 0.29) is 12.4 Å². The van der Waals surface area contributed by atoms with Crippen molar-refractivity contribution >= 4 is 22.4 Å². The molecule has 0 aliphatic carbocycles. The van der Waals surface area contributed by atoms with Gasteiger partial charge in [0.15, 0.2) is 11.5 Å². The number of halogens is 1. The molecule has 0 N–H and O–H groups in total. The van der Waals surface area contributed by atoms with Crippen LogP contribution in [-0.4, -0.2) is 63.1 Å². The molecule has 0 amide bonds. The molecule has 1 aromatic rings. The molecule has 152 valence electrons. The van der Waals surface area contributed by atoms with E-state index in [1.54, 1.807) is 22.5 Å². The molecule has 0 spiro atoms. The molecule has 4 rings (SSSR count). The zero-order chi connectivity index (χ0) is 18.1. The fraction of sp³-hybridized carbons (Fsp3) is 0.684. The first-order valence-electron chi connectivity index (χ1n) is 9.68. The van der Waals surface area contributed by atoms with E-state index in [1.165, 1.54) is 12.8 Å². The average Bonchev–Trinajstić information content (AvgIpc) is 2.67. The van der Waals surface area contributed by atoms with Gasteiger partial charge in [0.2, 0.25) is 10.0 Å². The van der Waals surface area contributed by atoms with Gasteiger partial charge in [-0.3, -0.25) is 0 Å². The fourth-order valence-corrected chi connectivity index (χ4v) is 5.82. The van der Waals surface area contributed by atoms with Crippen LogP contribution in [0.4, 0.5) is 0 Å². The lowest BCUT2D eigenvalue weighted by Crippen LogP contribution is -2.49. The van der Waals surface area contributed by atoms with Crippen molar-refractivity contribution in [2.45, 2.75) is 43.5 Å². The fourth-order valence-electron chi connectivity index (χ4n) is 4.34. The maximum Gasteiger partial charge on any atom is 0.243 e. The minimum absolute atomic E-state index is 0. The van der Waals surface area contributed by atoms with Gasteiger partial charge < -0.3 is 14.4 Å². The summed E-state index contributed by atoms with van der Waals surface area (Å²) in [5, 5.41) is 0. The molecule has 1 unspecified atom stereocenters. The molecule has 1 aromatic carbocycles. The van der Waals surface area contributed by atoms with E-state index < -0.39 is 10.0 Å². The zero-order valence-electron chi connectivity index (χ0n) is 15.8. The number of piperidine rings is 2. The Hall–Kier alpha value is -1.02. The second-order valence-electron chi connectivity index (χ2n) is 7.68. The molecule has 2 saturated heterocycles. The van der Waals surface area contributed by atoms with Gasteiger partial charge in [-0.1, -0.05) is 6.92 Å². The monoisotopic (exact) mass is 416 g/mol. The van der Waals surface area contributed by atoms with Crippen molar-refractivity contribution in [1.29, 1.82) is 0 Å².